The van der Waals surface area contributed by atoms with E-state index in [9.17, 15) is 9.59 Å². The highest BCUT2D eigenvalue weighted by atomic mass is 16.5. The number of ether oxygens (including phenoxy) is 1. The third-order valence-corrected chi connectivity index (χ3v) is 1.05. The average Bonchev–Trinajstić information content (AvgIpc) is 2.13. The molecule has 78 valence electrons. The van der Waals surface area contributed by atoms with E-state index in [2.05, 4.69) is 15.2 Å². The Morgan fingerprint density at radius 2 is 2.14 bits per heavy atom. The highest BCUT2D eigenvalue weighted by Gasteiger charge is 1.92. The van der Waals surface area contributed by atoms with Crippen LogP contribution in [0.4, 0.5) is 9.59 Å². The first-order chi connectivity index (χ1) is 6.56. The number of allylic oxidation sites excluding steroid dienone is 1. The van der Waals surface area contributed by atoms with E-state index in [1.807, 2.05) is 5.43 Å². The Labute approximate surface area is 81.0 Å². The fraction of sp³-hybridized carbons (Fsp3) is 0.286. The van der Waals surface area contributed by atoms with Crippen molar-refractivity contribution < 1.29 is 14.3 Å². The quantitative estimate of drug-likeness (QED) is 0.437. The number of rotatable bonds is 3. The summed E-state index contributed by atoms with van der Waals surface area (Å²) in [5.74, 6) is 0. The number of alkyl carbamates (subject to hydrolysis) is 1. The zero-order valence-electron chi connectivity index (χ0n) is 7.90. The molecule has 0 spiro atoms. The molecule has 0 saturated carbocycles. The third-order valence-electron chi connectivity index (χ3n) is 1.05. The van der Waals surface area contributed by atoms with Gasteiger partial charge in [-0.1, -0.05) is 0 Å². The number of hydrogen-bond donors (Lipinski definition) is 3. The van der Waals surface area contributed by atoms with Gasteiger partial charge in [0, 0.05) is 6.20 Å². The summed E-state index contributed by atoms with van der Waals surface area (Å²) in [5.41, 5.74) is 7.37. The van der Waals surface area contributed by atoms with Crippen molar-refractivity contribution in [2.75, 3.05) is 7.11 Å². The number of nitrogens with two attached hydrogens (primary N) is 1. The van der Waals surface area contributed by atoms with Crippen LogP contribution >= 0.6 is 0 Å². The lowest BCUT2D eigenvalue weighted by molar-refractivity contribution is 0.175. The van der Waals surface area contributed by atoms with Crippen LogP contribution in [0.1, 0.15) is 6.92 Å². The molecule has 7 heteroatoms. The molecule has 14 heavy (non-hydrogen) atoms. The van der Waals surface area contributed by atoms with Crippen molar-refractivity contribution in [2.45, 2.75) is 6.92 Å². The Kier molecular flexibility index (Phi) is 5.52. The molecule has 0 aromatic rings. The van der Waals surface area contributed by atoms with Crippen LogP contribution in [0.5, 0.6) is 0 Å². The molecule has 3 amide bonds. The van der Waals surface area contributed by atoms with Crippen LogP contribution < -0.4 is 16.5 Å². The number of methoxy groups -OCH3 is 1. The lowest BCUT2D eigenvalue weighted by Crippen LogP contribution is -2.24. The van der Waals surface area contributed by atoms with Crippen molar-refractivity contribution >= 4 is 18.3 Å². The van der Waals surface area contributed by atoms with Crippen LogP contribution in [0.2, 0.25) is 0 Å². The van der Waals surface area contributed by atoms with Gasteiger partial charge >= 0.3 is 12.1 Å². The molecular formula is C7H12N4O3. The van der Waals surface area contributed by atoms with Crippen molar-refractivity contribution in [3.8, 4) is 0 Å². The van der Waals surface area contributed by atoms with E-state index in [4.69, 9.17) is 5.73 Å². The van der Waals surface area contributed by atoms with Gasteiger partial charge in [-0.2, -0.15) is 5.10 Å². The lowest BCUT2D eigenvalue weighted by atomic mass is 10.4. The van der Waals surface area contributed by atoms with Crippen LogP contribution in [-0.2, 0) is 4.74 Å². The number of urea groups is 1. The molecule has 0 fully saturated rings. The minimum Gasteiger partial charge on any atom is -0.453 e. The molecule has 0 radical (unpaired) electrons. The van der Waals surface area contributed by atoms with Gasteiger partial charge in [0.15, 0.2) is 0 Å². The summed E-state index contributed by atoms with van der Waals surface area (Å²) in [7, 11) is 1.25. The summed E-state index contributed by atoms with van der Waals surface area (Å²) in [6.07, 6.45) is 2.11. The molecule has 0 aliphatic heterocycles. The largest absolute Gasteiger partial charge is 0.453 e. The standard InChI is InChI=1S/C7H12N4O3/c1-5(3-9-7(13)14-2)4-10-11-6(8)12/h3-4H,1-2H3,(H,9,13)(H3,8,11,12)/b5-3-,10-4+. The number of amides is 3. The number of carbonyl (C=O) groups excluding carboxylic acids is 2. The SMILES string of the molecule is COC(=O)N/C=C(C)\C=N\NC(N)=O. The van der Waals surface area contributed by atoms with Crippen molar-refractivity contribution in [3.63, 3.8) is 0 Å². The van der Waals surface area contributed by atoms with Gasteiger partial charge in [0.05, 0.1) is 13.3 Å². The molecule has 0 bridgehead atoms. The van der Waals surface area contributed by atoms with E-state index in [1.54, 1.807) is 6.92 Å². The van der Waals surface area contributed by atoms with Gasteiger partial charge in [0.2, 0.25) is 0 Å². The predicted molar refractivity (Wildman–Crippen MR) is 50.5 cm³/mol. The maximum absolute atomic E-state index is 10.6. The summed E-state index contributed by atoms with van der Waals surface area (Å²) in [5, 5.41) is 5.78. The van der Waals surface area contributed by atoms with Gasteiger partial charge in [-0.15, -0.1) is 0 Å². The molecule has 0 aliphatic rings. The zero-order chi connectivity index (χ0) is 11.0. The fourth-order valence-corrected chi connectivity index (χ4v) is 0.467. The normalized spacial score (nSPS) is 11.1. The number of carbonyl (C=O) groups is 2. The van der Waals surface area contributed by atoms with Gasteiger partial charge in [0.1, 0.15) is 0 Å². The van der Waals surface area contributed by atoms with E-state index in [0.29, 0.717) is 5.57 Å². The molecule has 0 rings (SSSR count). The highest BCUT2D eigenvalue weighted by molar-refractivity contribution is 5.80. The topological polar surface area (TPSA) is 106 Å². The van der Waals surface area contributed by atoms with Crippen LogP contribution in [0.3, 0.4) is 0 Å². The second kappa shape index (κ2) is 6.46. The van der Waals surface area contributed by atoms with E-state index >= 15 is 0 Å². The van der Waals surface area contributed by atoms with Gasteiger partial charge < -0.3 is 10.5 Å². The van der Waals surface area contributed by atoms with Gasteiger partial charge in [0.25, 0.3) is 0 Å². The average molecular weight is 200 g/mol. The number of nitrogens with zero attached hydrogens (tertiary/aromatic N) is 1. The smallest absolute Gasteiger partial charge is 0.410 e. The first kappa shape index (κ1) is 11.9. The lowest BCUT2D eigenvalue weighted by Gasteiger charge is -1.97. The summed E-state index contributed by atoms with van der Waals surface area (Å²) in [4.78, 5) is 20.8. The van der Waals surface area contributed by atoms with E-state index < -0.39 is 12.1 Å². The van der Waals surface area contributed by atoms with Crippen molar-refractivity contribution in [1.82, 2.24) is 10.7 Å². The second-order valence-corrected chi connectivity index (χ2v) is 2.26. The minimum absolute atomic E-state index is 0.583. The number of primary amides is 1. The predicted octanol–water partition coefficient (Wildman–Crippen LogP) is -0.0997. The molecule has 0 aromatic carbocycles. The fourth-order valence-electron chi connectivity index (χ4n) is 0.467. The minimum atomic E-state index is -0.755. The van der Waals surface area contributed by atoms with Crippen LogP contribution in [0.15, 0.2) is 16.9 Å². The highest BCUT2D eigenvalue weighted by Crippen LogP contribution is 1.84. The second-order valence-electron chi connectivity index (χ2n) is 2.26. The molecule has 0 unspecified atom stereocenters. The first-order valence-corrected chi connectivity index (χ1v) is 3.66. The summed E-state index contributed by atoms with van der Waals surface area (Å²) in [6, 6.07) is -0.755. The number of nitrogens with one attached hydrogen (secondary N) is 2. The molecular weight excluding hydrogens is 188 g/mol. The van der Waals surface area contributed by atoms with Gasteiger partial charge in [-0.25, -0.2) is 15.0 Å². The van der Waals surface area contributed by atoms with Crippen molar-refractivity contribution in [1.29, 1.82) is 0 Å². The molecule has 0 aromatic heterocycles. The zero-order valence-corrected chi connectivity index (χ0v) is 7.90. The molecule has 0 heterocycles. The summed E-state index contributed by atoms with van der Waals surface area (Å²) >= 11 is 0. The third kappa shape index (κ3) is 6.65. The number of hydrogen-bond acceptors (Lipinski definition) is 4. The van der Waals surface area contributed by atoms with Crippen LogP contribution in [0.25, 0.3) is 0 Å². The summed E-state index contributed by atoms with van der Waals surface area (Å²) in [6.45, 7) is 1.67. The van der Waals surface area contributed by atoms with E-state index in [-0.39, 0.29) is 0 Å². The molecule has 0 atom stereocenters. The van der Waals surface area contributed by atoms with Gasteiger partial charge in [-0.05, 0) is 12.5 Å². The van der Waals surface area contributed by atoms with E-state index in [1.165, 1.54) is 19.5 Å². The molecule has 7 nitrogen and oxygen atoms in total. The monoisotopic (exact) mass is 200 g/mol. The molecule has 0 saturated heterocycles. The number of hydrazone groups is 1. The Balaban J connectivity index is 3.94. The Hall–Kier alpha value is -2.05. The summed E-state index contributed by atoms with van der Waals surface area (Å²) < 4.78 is 4.31. The van der Waals surface area contributed by atoms with E-state index in [0.717, 1.165) is 0 Å². The van der Waals surface area contributed by atoms with Crippen molar-refractivity contribution in [3.05, 3.63) is 11.8 Å². The maximum atomic E-state index is 10.6. The van der Waals surface area contributed by atoms with Crippen LogP contribution in [-0.4, -0.2) is 25.4 Å². The Morgan fingerprint density at radius 3 is 2.64 bits per heavy atom. The first-order valence-electron chi connectivity index (χ1n) is 3.66. The maximum Gasteiger partial charge on any atom is 0.410 e. The van der Waals surface area contributed by atoms with Gasteiger partial charge in [-0.3, -0.25) is 5.32 Å². The Morgan fingerprint density at radius 1 is 1.50 bits per heavy atom. The molecule has 0 aliphatic carbocycles. The Bertz CT molecular complexity index is 272. The van der Waals surface area contributed by atoms with Crippen molar-refractivity contribution in [2.24, 2.45) is 10.8 Å². The van der Waals surface area contributed by atoms with Crippen LogP contribution in [0, 0.1) is 0 Å². The molecule has 4 N–H and O–H groups in total.